The zero-order chi connectivity index (χ0) is 16.3. The van der Waals surface area contributed by atoms with Crippen molar-refractivity contribution in [2.75, 3.05) is 24.3 Å². The molecule has 2 rings (SSSR count). The maximum absolute atomic E-state index is 12.8. The molecule has 1 aromatic heterocycles. The Morgan fingerprint density at radius 1 is 1.09 bits per heavy atom. The summed E-state index contributed by atoms with van der Waals surface area (Å²) in [5, 5.41) is 2.72. The van der Waals surface area contributed by atoms with Crippen molar-refractivity contribution in [3.8, 4) is 0 Å². The minimum absolute atomic E-state index is 0.136. The maximum atomic E-state index is 12.8. The van der Waals surface area contributed by atoms with E-state index in [2.05, 4.69) is 15.3 Å². The summed E-state index contributed by atoms with van der Waals surface area (Å²) in [5.41, 5.74) is -0.318. The molecule has 118 valence electrons. The molecule has 0 atom stereocenters. The van der Waals surface area contributed by atoms with Crippen molar-refractivity contribution >= 4 is 11.8 Å². The monoisotopic (exact) mass is 314 g/mol. The molecule has 4 nitrogen and oxygen atoms in total. The van der Waals surface area contributed by atoms with Crippen LogP contribution in [0.1, 0.15) is 11.3 Å². The van der Waals surface area contributed by atoms with Crippen molar-refractivity contribution < 1.29 is 17.6 Å². The molecule has 22 heavy (non-hydrogen) atoms. The van der Waals surface area contributed by atoms with Gasteiger partial charge in [0.05, 0.1) is 0 Å². The van der Waals surface area contributed by atoms with Crippen LogP contribution in [0.15, 0.2) is 30.3 Å². The Morgan fingerprint density at radius 2 is 1.73 bits per heavy atom. The SMILES string of the molecule is CN(C)c1cc(C(F)(F)F)nc(NCc2ccc(F)cc2)n1. The predicted molar refractivity (Wildman–Crippen MR) is 75.1 cm³/mol. The van der Waals surface area contributed by atoms with Gasteiger partial charge >= 0.3 is 6.18 Å². The molecule has 0 saturated heterocycles. The van der Waals surface area contributed by atoms with E-state index in [1.165, 1.54) is 29.2 Å². The van der Waals surface area contributed by atoms with Crippen LogP contribution in [0.4, 0.5) is 29.3 Å². The Bertz CT molecular complexity index is 638. The number of halogens is 4. The maximum Gasteiger partial charge on any atom is 0.433 e. The highest BCUT2D eigenvalue weighted by Gasteiger charge is 2.33. The minimum atomic E-state index is -4.56. The molecule has 2 aromatic rings. The topological polar surface area (TPSA) is 41.1 Å². The van der Waals surface area contributed by atoms with Gasteiger partial charge in [-0.05, 0) is 17.7 Å². The summed E-state index contributed by atoms with van der Waals surface area (Å²) in [5.74, 6) is -0.374. The van der Waals surface area contributed by atoms with Crippen LogP contribution in [0, 0.1) is 5.82 Å². The first-order valence-electron chi connectivity index (χ1n) is 6.37. The van der Waals surface area contributed by atoms with Crippen LogP contribution in [0.3, 0.4) is 0 Å². The average Bonchev–Trinajstić information content (AvgIpc) is 2.45. The van der Waals surface area contributed by atoms with Gasteiger partial charge in [0.15, 0.2) is 5.69 Å². The minimum Gasteiger partial charge on any atom is -0.363 e. The van der Waals surface area contributed by atoms with Crippen molar-refractivity contribution in [3.05, 3.63) is 47.4 Å². The smallest absolute Gasteiger partial charge is 0.363 e. The molecule has 0 spiro atoms. The van der Waals surface area contributed by atoms with Gasteiger partial charge in [0.2, 0.25) is 5.95 Å². The molecule has 0 radical (unpaired) electrons. The van der Waals surface area contributed by atoms with E-state index in [1.54, 1.807) is 14.1 Å². The normalized spacial score (nSPS) is 11.4. The van der Waals surface area contributed by atoms with E-state index in [1.807, 2.05) is 0 Å². The third kappa shape index (κ3) is 4.06. The lowest BCUT2D eigenvalue weighted by Gasteiger charge is -2.16. The fourth-order valence-corrected chi connectivity index (χ4v) is 1.67. The summed E-state index contributed by atoms with van der Waals surface area (Å²) in [6.07, 6.45) is -4.56. The van der Waals surface area contributed by atoms with Gasteiger partial charge in [0.1, 0.15) is 11.6 Å². The molecule has 0 amide bonds. The zero-order valence-electron chi connectivity index (χ0n) is 11.9. The van der Waals surface area contributed by atoms with Gasteiger partial charge in [-0.2, -0.15) is 18.2 Å². The summed E-state index contributed by atoms with van der Waals surface area (Å²) in [6, 6.07) is 6.49. The van der Waals surface area contributed by atoms with Crippen molar-refractivity contribution in [1.29, 1.82) is 0 Å². The van der Waals surface area contributed by atoms with Gasteiger partial charge in [-0.3, -0.25) is 0 Å². The van der Waals surface area contributed by atoms with E-state index in [4.69, 9.17) is 0 Å². The van der Waals surface area contributed by atoms with Crippen LogP contribution in [0.25, 0.3) is 0 Å². The average molecular weight is 314 g/mol. The van der Waals surface area contributed by atoms with E-state index in [0.29, 0.717) is 5.56 Å². The summed E-state index contributed by atoms with van der Waals surface area (Å²) < 4.78 is 51.3. The van der Waals surface area contributed by atoms with Crippen LogP contribution in [0.5, 0.6) is 0 Å². The molecule has 0 fully saturated rings. The number of hydrogen-bond acceptors (Lipinski definition) is 4. The Kier molecular flexibility index (Phi) is 4.48. The Morgan fingerprint density at radius 3 is 2.27 bits per heavy atom. The Balaban J connectivity index is 2.22. The van der Waals surface area contributed by atoms with Crippen LogP contribution < -0.4 is 10.2 Å². The molecule has 1 aromatic carbocycles. The lowest BCUT2D eigenvalue weighted by molar-refractivity contribution is -0.141. The van der Waals surface area contributed by atoms with E-state index in [-0.39, 0.29) is 24.1 Å². The molecule has 0 bridgehead atoms. The third-order valence-electron chi connectivity index (χ3n) is 2.83. The second-order valence-corrected chi connectivity index (χ2v) is 4.81. The molecule has 0 saturated carbocycles. The lowest BCUT2D eigenvalue weighted by Crippen LogP contribution is -2.17. The highest BCUT2D eigenvalue weighted by molar-refractivity contribution is 5.44. The Hall–Kier alpha value is -2.38. The van der Waals surface area contributed by atoms with Crippen molar-refractivity contribution in [2.45, 2.75) is 12.7 Å². The van der Waals surface area contributed by atoms with Crippen LogP contribution in [-0.4, -0.2) is 24.1 Å². The third-order valence-corrected chi connectivity index (χ3v) is 2.83. The number of aromatic nitrogens is 2. The molecule has 0 aliphatic rings. The van der Waals surface area contributed by atoms with Gasteiger partial charge in [-0.1, -0.05) is 12.1 Å². The fraction of sp³-hybridized carbons (Fsp3) is 0.286. The van der Waals surface area contributed by atoms with Crippen LogP contribution in [-0.2, 0) is 12.7 Å². The molecular formula is C14H14F4N4. The summed E-state index contributed by atoms with van der Waals surface area (Å²) in [6.45, 7) is 0.189. The lowest BCUT2D eigenvalue weighted by atomic mass is 10.2. The summed E-state index contributed by atoms with van der Waals surface area (Å²) in [4.78, 5) is 8.94. The highest BCUT2D eigenvalue weighted by Crippen LogP contribution is 2.30. The molecule has 0 aliphatic carbocycles. The molecule has 8 heteroatoms. The van der Waals surface area contributed by atoms with Crippen LogP contribution in [0.2, 0.25) is 0 Å². The first-order valence-corrected chi connectivity index (χ1v) is 6.37. The van der Waals surface area contributed by atoms with E-state index >= 15 is 0 Å². The number of benzene rings is 1. The second kappa shape index (κ2) is 6.17. The van der Waals surface area contributed by atoms with Crippen molar-refractivity contribution in [1.82, 2.24) is 9.97 Å². The van der Waals surface area contributed by atoms with Gasteiger partial charge in [-0.25, -0.2) is 9.37 Å². The number of nitrogens with one attached hydrogen (secondary N) is 1. The van der Waals surface area contributed by atoms with Gasteiger partial charge in [0.25, 0.3) is 0 Å². The number of alkyl halides is 3. The second-order valence-electron chi connectivity index (χ2n) is 4.81. The van der Waals surface area contributed by atoms with Crippen LogP contribution >= 0.6 is 0 Å². The standard InChI is InChI=1S/C14H14F4N4/c1-22(2)12-7-11(14(16,17)18)20-13(21-12)19-8-9-3-5-10(15)6-4-9/h3-7H,8H2,1-2H3,(H,19,20,21). The fourth-order valence-electron chi connectivity index (χ4n) is 1.67. The summed E-state index contributed by atoms with van der Waals surface area (Å²) >= 11 is 0. The Labute approximate surface area is 124 Å². The van der Waals surface area contributed by atoms with E-state index in [0.717, 1.165) is 6.07 Å². The number of nitrogens with zero attached hydrogens (tertiary/aromatic N) is 3. The first-order chi connectivity index (χ1) is 10.3. The highest BCUT2D eigenvalue weighted by atomic mass is 19.4. The van der Waals surface area contributed by atoms with Gasteiger partial charge < -0.3 is 10.2 Å². The van der Waals surface area contributed by atoms with Gasteiger partial charge in [0, 0.05) is 26.7 Å². The van der Waals surface area contributed by atoms with E-state index < -0.39 is 11.9 Å². The number of hydrogen-bond donors (Lipinski definition) is 1. The van der Waals surface area contributed by atoms with E-state index in [9.17, 15) is 17.6 Å². The first kappa shape index (κ1) is 16.0. The number of anilines is 2. The molecule has 0 unspecified atom stereocenters. The largest absolute Gasteiger partial charge is 0.433 e. The summed E-state index contributed by atoms with van der Waals surface area (Å²) in [7, 11) is 3.18. The predicted octanol–water partition coefficient (Wildman–Crippen LogP) is 3.31. The van der Waals surface area contributed by atoms with Crippen molar-refractivity contribution in [3.63, 3.8) is 0 Å². The zero-order valence-corrected chi connectivity index (χ0v) is 11.9. The molecular weight excluding hydrogens is 300 g/mol. The quantitative estimate of drug-likeness (QED) is 0.879. The molecule has 1 N–H and O–H groups in total. The van der Waals surface area contributed by atoms with Gasteiger partial charge in [-0.15, -0.1) is 0 Å². The number of rotatable bonds is 4. The molecule has 0 aliphatic heterocycles. The van der Waals surface area contributed by atoms with Crippen molar-refractivity contribution in [2.24, 2.45) is 0 Å². The molecule has 1 heterocycles.